The van der Waals surface area contributed by atoms with Crippen LogP contribution in [0.1, 0.15) is 13.3 Å². The molecule has 1 aromatic carbocycles. The Labute approximate surface area is 115 Å². The zero-order chi connectivity index (χ0) is 13.5. The first kappa shape index (κ1) is 14.9. The van der Waals surface area contributed by atoms with Crippen molar-refractivity contribution in [2.75, 3.05) is 13.3 Å². The van der Waals surface area contributed by atoms with Crippen LogP contribution in [0.15, 0.2) is 18.2 Å². The van der Waals surface area contributed by atoms with Gasteiger partial charge in [0.2, 0.25) is 0 Å². The van der Waals surface area contributed by atoms with E-state index in [4.69, 9.17) is 33.1 Å². The van der Waals surface area contributed by atoms with Gasteiger partial charge in [0, 0.05) is 17.6 Å². The van der Waals surface area contributed by atoms with Crippen molar-refractivity contribution in [1.82, 2.24) is 10.4 Å². The standard InChI is InChI=1S/C11H14Cl2N2O3/c1-2-5-14-11(17)15(7-16)18-10-6-8(12)3-4-9(10)13/h3-4,6,16H,2,5,7H2,1H3,(H,14,17). The molecule has 2 N–H and O–H groups in total. The van der Waals surface area contributed by atoms with Gasteiger partial charge in [0.15, 0.2) is 12.5 Å². The number of aliphatic hydroxyl groups excluding tert-OH is 1. The van der Waals surface area contributed by atoms with Gasteiger partial charge in [-0.25, -0.2) is 4.79 Å². The van der Waals surface area contributed by atoms with Gasteiger partial charge in [-0.3, -0.25) is 0 Å². The highest BCUT2D eigenvalue weighted by Crippen LogP contribution is 2.28. The summed E-state index contributed by atoms with van der Waals surface area (Å²) < 4.78 is 0. The molecule has 100 valence electrons. The van der Waals surface area contributed by atoms with E-state index in [0.29, 0.717) is 16.6 Å². The fourth-order valence-corrected chi connectivity index (χ4v) is 1.43. The molecule has 0 bridgehead atoms. The predicted octanol–water partition coefficient (Wildman–Crippen LogP) is 2.66. The lowest BCUT2D eigenvalue weighted by atomic mass is 10.3. The molecule has 0 spiro atoms. The number of nitrogens with zero attached hydrogens (tertiary/aromatic N) is 1. The van der Waals surface area contributed by atoms with Crippen molar-refractivity contribution in [2.24, 2.45) is 0 Å². The number of urea groups is 1. The van der Waals surface area contributed by atoms with Crippen molar-refractivity contribution in [3.8, 4) is 5.75 Å². The maximum Gasteiger partial charge on any atom is 0.352 e. The number of rotatable bonds is 5. The minimum absolute atomic E-state index is 0.199. The Bertz CT molecular complexity index is 415. The lowest BCUT2D eigenvalue weighted by molar-refractivity contribution is -0.0700. The van der Waals surface area contributed by atoms with E-state index >= 15 is 0 Å². The minimum atomic E-state index is -0.599. The highest BCUT2D eigenvalue weighted by molar-refractivity contribution is 6.34. The lowest BCUT2D eigenvalue weighted by Crippen LogP contribution is -2.42. The highest BCUT2D eigenvalue weighted by atomic mass is 35.5. The SMILES string of the molecule is CCCNC(=O)N(CO)Oc1cc(Cl)ccc1Cl. The molecular weight excluding hydrogens is 279 g/mol. The number of amides is 2. The molecule has 2 amide bonds. The van der Waals surface area contributed by atoms with Crippen molar-refractivity contribution in [1.29, 1.82) is 0 Å². The van der Waals surface area contributed by atoms with Crippen LogP contribution < -0.4 is 10.2 Å². The maximum atomic E-state index is 11.6. The van der Waals surface area contributed by atoms with Gasteiger partial charge in [-0.2, -0.15) is 0 Å². The summed E-state index contributed by atoms with van der Waals surface area (Å²) in [7, 11) is 0. The number of aliphatic hydroxyl groups is 1. The van der Waals surface area contributed by atoms with E-state index in [1.807, 2.05) is 6.92 Å². The zero-order valence-electron chi connectivity index (χ0n) is 9.82. The fraction of sp³-hybridized carbons (Fsp3) is 0.364. The first-order chi connectivity index (χ1) is 8.58. The van der Waals surface area contributed by atoms with Crippen LogP contribution in [-0.4, -0.2) is 29.5 Å². The van der Waals surface area contributed by atoms with Crippen LogP contribution in [0.25, 0.3) is 0 Å². The van der Waals surface area contributed by atoms with Gasteiger partial charge >= 0.3 is 6.03 Å². The number of benzene rings is 1. The normalized spacial score (nSPS) is 10.0. The van der Waals surface area contributed by atoms with Crippen LogP contribution >= 0.6 is 23.2 Å². The molecule has 0 saturated heterocycles. The molecule has 0 radical (unpaired) electrons. The van der Waals surface area contributed by atoms with Crippen LogP contribution in [-0.2, 0) is 0 Å². The fourth-order valence-electron chi connectivity index (χ4n) is 1.12. The average molecular weight is 293 g/mol. The third-order valence-corrected chi connectivity index (χ3v) is 2.53. The third kappa shape index (κ3) is 4.25. The molecule has 0 aliphatic heterocycles. The second kappa shape index (κ2) is 7.31. The van der Waals surface area contributed by atoms with Crippen LogP contribution in [0.3, 0.4) is 0 Å². The van der Waals surface area contributed by atoms with E-state index in [0.717, 1.165) is 11.5 Å². The van der Waals surface area contributed by atoms with Gasteiger partial charge in [-0.05, 0) is 18.6 Å². The summed E-state index contributed by atoms with van der Waals surface area (Å²) in [5, 5.41) is 13.1. The molecule has 0 aliphatic rings. The summed E-state index contributed by atoms with van der Waals surface area (Å²) in [5.74, 6) is 0.199. The van der Waals surface area contributed by atoms with Crippen molar-refractivity contribution in [3.63, 3.8) is 0 Å². The van der Waals surface area contributed by atoms with E-state index in [2.05, 4.69) is 5.32 Å². The molecule has 1 aromatic rings. The Morgan fingerprint density at radius 1 is 1.50 bits per heavy atom. The summed E-state index contributed by atoms with van der Waals surface area (Å²) in [5.41, 5.74) is 0. The molecule has 5 nitrogen and oxygen atoms in total. The maximum absolute atomic E-state index is 11.6. The van der Waals surface area contributed by atoms with Gasteiger partial charge in [0.1, 0.15) is 0 Å². The first-order valence-electron chi connectivity index (χ1n) is 5.37. The Hall–Kier alpha value is -1.17. The number of halogens is 2. The summed E-state index contributed by atoms with van der Waals surface area (Å²) >= 11 is 11.7. The molecule has 0 unspecified atom stereocenters. The molecule has 7 heteroatoms. The summed E-state index contributed by atoms with van der Waals surface area (Å²) in [4.78, 5) is 16.8. The summed E-state index contributed by atoms with van der Waals surface area (Å²) in [6.45, 7) is 1.80. The third-order valence-electron chi connectivity index (χ3n) is 1.98. The number of carbonyl (C=O) groups is 1. The van der Waals surface area contributed by atoms with Crippen LogP contribution in [0.4, 0.5) is 4.79 Å². The Morgan fingerprint density at radius 3 is 2.83 bits per heavy atom. The van der Waals surface area contributed by atoms with Crippen molar-refractivity contribution < 1.29 is 14.7 Å². The topological polar surface area (TPSA) is 61.8 Å². The molecule has 0 aliphatic carbocycles. The van der Waals surface area contributed by atoms with Crippen LogP contribution in [0, 0.1) is 0 Å². The minimum Gasteiger partial charge on any atom is -0.373 e. The number of carbonyl (C=O) groups excluding carboxylic acids is 1. The van der Waals surface area contributed by atoms with Crippen LogP contribution in [0.5, 0.6) is 5.75 Å². The quantitative estimate of drug-likeness (QED) is 0.648. The summed E-state index contributed by atoms with van der Waals surface area (Å²) in [6.07, 6.45) is 0.781. The summed E-state index contributed by atoms with van der Waals surface area (Å²) in [6, 6.07) is 4.05. The smallest absolute Gasteiger partial charge is 0.352 e. The molecular formula is C11H14Cl2N2O3. The van der Waals surface area contributed by atoms with Gasteiger partial charge < -0.3 is 15.3 Å². The Morgan fingerprint density at radius 2 is 2.22 bits per heavy atom. The number of hydrogen-bond donors (Lipinski definition) is 2. The highest BCUT2D eigenvalue weighted by Gasteiger charge is 2.15. The van der Waals surface area contributed by atoms with E-state index in [1.54, 1.807) is 12.1 Å². The number of nitrogens with one attached hydrogen (secondary N) is 1. The van der Waals surface area contributed by atoms with Gasteiger partial charge in [0.25, 0.3) is 0 Å². The van der Waals surface area contributed by atoms with Crippen molar-refractivity contribution >= 4 is 29.2 Å². The van der Waals surface area contributed by atoms with Gasteiger partial charge in [-0.15, -0.1) is 5.06 Å². The van der Waals surface area contributed by atoms with Gasteiger partial charge in [0.05, 0.1) is 5.02 Å². The number of hydrogen-bond acceptors (Lipinski definition) is 3. The van der Waals surface area contributed by atoms with E-state index in [1.165, 1.54) is 6.07 Å². The van der Waals surface area contributed by atoms with E-state index in [9.17, 15) is 4.79 Å². The van der Waals surface area contributed by atoms with Gasteiger partial charge in [-0.1, -0.05) is 30.1 Å². The molecule has 0 aromatic heterocycles. The molecule has 0 heterocycles. The van der Waals surface area contributed by atoms with Crippen LogP contribution in [0.2, 0.25) is 10.0 Å². The number of hydroxylamine groups is 2. The second-order valence-electron chi connectivity index (χ2n) is 3.42. The molecule has 0 saturated carbocycles. The Kier molecular flexibility index (Phi) is 6.04. The first-order valence-corrected chi connectivity index (χ1v) is 6.13. The molecule has 0 fully saturated rings. The second-order valence-corrected chi connectivity index (χ2v) is 4.26. The molecule has 0 atom stereocenters. The van der Waals surface area contributed by atoms with Crippen molar-refractivity contribution in [2.45, 2.75) is 13.3 Å². The molecule has 1 rings (SSSR count). The van der Waals surface area contributed by atoms with E-state index < -0.39 is 12.8 Å². The Balaban J connectivity index is 2.73. The van der Waals surface area contributed by atoms with E-state index in [-0.39, 0.29) is 5.75 Å². The monoisotopic (exact) mass is 292 g/mol. The zero-order valence-corrected chi connectivity index (χ0v) is 11.3. The predicted molar refractivity (Wildman–Crippen MR) is 69.7 cm³/mol. The lowest BCUT2D eigenvalue weighted by Gasteiger charge is -2.20. The largest absolute Gasteiger partial charge is 0.373 e. The average Bonchev–Trinajstić information content (AvgIpc) is 2.36. The molecule has 18 heavy (non-hydrogen) atoms. The van der Waals surface area contributed by atoms with Crippen molar-refractivity contribution in [3.05, 3.63) is 28.2 Å².